The summed E-state index contributed by atoms with van der Waals surface area (Å²) in [6.45, 7) is 2.33. The van der Waals surface area contributed by atoms with E-state index in [4.69, 9.17) is 9.84 Å². The van der Waals surface area contributed by atoms with Crippen LogP contribution in [0.5, 0.6) is 5.75 Å². The summed E-state index contributed by atoms with van der Waals surface area (Å²) in [5.74, 6) is -0.376. The summed E-state index contributed by atoms with van der Waals surface area (Å²) < 4.78 is 18.6. The molecule has 25 heavy (non-hydrogen) atoms. The van der Waals surface area contributed by atoms with E-state index < -0.39 is 5.97 Å². The predicted molar refractivity (Wildman–Crippen MR) is 96.1 cm³/mol. The Kier molecular flexibility index (Phi) is 7.45. The molecule has 1 unspecified atom stereocenters. The Hall–Kier alpha value is -2.36. The second-order valence-corrected chi connectivity index (χ2v) is 6.25. The molecule has 3 nitrogen and oxygen atoms in total. The van der Waals surface area contributed by atoms with Crippen LogP contribution in [0.2, 0.25) is 0 Å². The quantitative estimate of drug-likeness (QED) is 0.600. The molecule has 0 bridgehead atoms. The molecule has 134 valence electrons. The van der Waals surface area contributed by atoms with Crippen molar-refractivity contribution in [3.8, 4) is 5.75 Å². The van der Waals surface area contributed by atoms with Crippen molar-refractivity contribution in [1.82, 2.24) is 0 Å². The summed E-state index contributed by atoms with van der Waals surface area (Å²) in [6, 6.07) is 14.2. The number of aliphatic carboxylic acids is 1. The Morgan fingerprint density at radius 2 is 1.68 bits per heavy atom. The molecular weight excluding hydrogens is 319 g/mol. The Morgan fingerprint density at radius 3 is 2.28 bits per heavy atom. The third-order valence-electron chi connectivity index (χ3n) is 4.35. The normalized spacial score (nSPS) is 11.9. The van der Waals surface area contributed by atoms with Crippen LogP contribution in [-0.4, -0.2) is 11.1 Å². The lowest BCUT2D eigenvalue weighted by Gasteiger charge is -2.10. The van der Waals surface area contributed by atoms with Gasteiger partial charge in [0.25, 0.3) is 0 Å². The first-order chi connectivity index (χ1) is 12.1. The molecule has 2 aromatic carbocycles. The molecule has 0 amide bonds. The van der Waals surface area contributed by atoms with Gasteiger partial charge in [-0.2, -0.15) is 0 Å². The van der Waals surface area contributed by atoms with E-state index in [2.05, 4.69) is 0 Å². The van der Waals surface area contributed by atoms with Gasteiger partial charge in [-0.15, -0.1) is 0 Å². The highest BCUT2D eigenvalue weighted by atomic mass is 19.1. The molecule has 0 saturated carbocycles. The first-order valence-electron chi connectivity index (χ1n) is 8.77. The summed E-state index contributed by atoms with van der Waals surface area (Å²) in [7, 11) is 0. The number of carboxylic acids is 1. The summed E-state index contributed by atoms with van der Waals surface area (Å²) in [5.41, 5.74) is 2.15. The highest BCUT2D eigenvalue weighted by molar-refractivity contribution is 5.69. The largest absolute Gasteiger partial charge is 0.489 e. The minimum atomic E-state index is -0.690. The van der Waals surface area contributed by atoms with E-state index in [1.807, 2.05) is 31.2 Å². The van der Waals surface area contributed by atoms with Crippen molar-refractivity contribution in [2.24, 2.45) is 5.92 Å². The smallest absolute Gasteiger partial charge is 0.306 e. The second kappa shape index (κ2) is 9.82. The van der Waals surface area contributed by atoms with Crippen LogP contribution in [0.25, 0.3) is 0 Å². The number of aryl methyl sites for hydroxylation is 1. The van der Waals surface area contributed by atoms with Crippen molar-refractivity contribution < 1.29 is 19.0 Å². The monoisotopic (exact) mass is 344 g/mol. The van der Waals surface area contributed by atoms with Crippen molar-refractivity contribution in [2.45, 2.75) is 45.6 Å². The lowest BCUT2D eigenvalue weighted by Crippen LogP contribution is -2.12. The van der Waals surface area contributed by atoms with Gasteiger partial charge in [-0.25, -0.2) is 4.39 Å². The van der Waals surface area contributed by atoms with Gasteiger partial charge in [-0.1, -0.05) is 37.6 Å². The maximum Gasteiger partial charge on any atom is 0.306 e. The van der Waals surface area contributed by atoms with Crippen LogP contribution in [0.1, 0.15) is 43.7 Å². The minimum absolute atomic E-state index is 0.220. The Labute approximate surface area is 148 Å². The fourth-order valence-electron chi connectivity index (χ4n) is 2.72. The van der Waals surface area contributed by atoms with Crippen molar-refractivity contribution in [2.75, 3.05) is 0 Å². The molecule has 4 heteroatoms. The number of carbonyl (C=O) groups is 1. The molecule has 0 aromatic heterocycles. The maximum atomic E-state index is 12.9. The van der Waals surface area contributed by atoms with Gasteiger partial charge in [0, 0.05) is 0 Å². The number of hydrogen-bond donors (Lipinski definition) is 1. The molecule has 2 rings (SSSR count). The Morgan fingerprint density at radius 1 is 1.04 bits per heavy atom. The fraction of sp³-hybridized carbons (Fsp3) is 0.381. The van der Waals surface area contributed by atoms with Gasteiger partial charge in [0.1, 0.15) is 18.2 Å². The summed E-state index contributed by atoms with van der Waals surface area (Å²) in [5, 5.41) is 9.03. The van der Waals surface area contributed by atoms with E-state index in [1.165, 1.54) is 17.7 Å². The number of ether oxygens (including phenoxy) is 1. The first kappa shape index (κ1) is 19.0. The second-order valence-electron chi connectivity index (χ2n) is 6.25. The molecule has 1 atom stereocenters. The van der Waals surface area contributed by atoms with Gasteiger partial charge in [-0.3, -0.25) is 4.79 Å². The molecule has 0 aliphatic heterocycles. The SMILES string of the molecule is CCC(CCCCc1ccc(OCc2ccc(F)cc2)cc1)C(=O)O. The Bertz CT molecular complexity index is 650. The third-order valence-corrected chi connectivity index (χ3v) is 4.35. The fourth-order valence-corrected chi connectivity index (χ4v) is 2.72. The van der Waals surface area contributed by atoms with Crippen LogP contribution < -0.4 is 4.74 Å². The first-order valence-corrected chi connectivity index (χ1v) is 8.77. The summed E-state index contributed by atoms with van der Waals surface area (Å²) >= 11 is 0. The van der Waals surface area contributed by atoms with E-state index in [0.717, 1.165) is 37.0 Å². The molecule has 0 aliphatic carbocycles. The lowest BCUT2D eigenvalue weighted by molar-refractivity contribution is -0.142. The number of rotatable bonds is 10. The summed E-state index contributed by atoms with van der Waals surface area (Å²) in [6.07, 6.45) is 4.28. The maximum absolute atomic E-state index is 12.9. The summed E-state index contributed by atoms with van der Waals surface area (Å²) in [4.78, 5) is 11.0. The van der Waals surface area contributed by atoms with Crippen LogP contribution in [-0.2, 0) is 17.8 Å². The van der Waals surface area contributed by atoms with Crippen molar-refractivity contribution in [3.63, 3.8) is 0 Å². The van der Waals surface area contributed by atoms with Crippen LogP contribution >= 0.6 is 0 Å². The average molecular weight is 344 g/mol. The molecule has 0 aliphatic rings. The van der Waals surface area contributed by atoms with Gasteiger partial charge < -0.3 is 9.84 Å². The van der Waals surface area contributed by atoms with Crippen LogP contribution in [0.4, 0.5) is 4.39 Å². The Balaban J connectivity index is 1.72. The van der Waals surface area contributed by atoms with Crippen molar-refractivity contribution in [1.29, 1.82) is 0 Å². The van der Waals surface area contributed by atoms with Crippen molar-refractivity contribution >= 4 is 5.97 Å². The number of halogens is 1. The molecule has 0 radical (unpaired) electrons. The molecule has 0 saturated heterocycles. The molecule has 0 heterocycles. The number of hydrogen-bond acceptors (Lipinski definition) is 2. The van der Waals surface area contributed by atoms with Crippen LogP contribution in [0.3, 0.4) is 0 Å². The van der Waals surface area contributed by atoms with Gasteiger partial charge in [0.15, 0.2) is 0 Å². The zero-order valence-electron chi connectivity index (χ0n) is 14.6. The van der Waals surface area contributed by atoms with E-state index in [1.54, 1.807) is 12.1 Å². The van der Waals surface area contributed by atoms with E-state index >= 15 is 0 Å². The van der Waals surface area contributed by atoms with Gasteiger partial charge >= 0.3 is 5.97 Å². The molecule has 1 N–H and O–H groups in total. The predicted octanol–water partition coefficient (Wildman–Crippen LogP) is 5.23. The van der Waals surface area contributed by atoms with E-state index in [9.17, 15) is 9.18 Å². The number of carboxylic acid groups (broad SMARTS) is 1. The zero-order chi connectivity index (χ0) is 18.1. The number of benzene rings is 2. The average Bonchev–Trinajstić information content (AvgIpc) is 2.62. The number of unbranched alkanes of at least 4 members (excludes halogenated alkanes) is 1. The molecule has 0 fully saturated rings. The van der Waals surface area contributed by atoms with Crippen LogP contribution in [0, 0.1) is 11.7 Å². The van der Waals surface area contributed by atoms with Gasteiger partial charge in [-0.05, 0) is 61.1 Å². The van der Waals surface area contributed by atoms with E-state index in [-0.39, 0.29) is 11.7 Å². The third kappa shape index (κ3) is 6.57. The zero-order valence-corrected chi connectivity index (χ0v) is 14.6. The molecule has 0 spiro atoms. The van der Waals surface area contributed by atoms with Gasteiger partial charge in [0.2, 0.25) is 0 Å². The highest BCUT2D eigenvalue weighted by Crippen LogP contribution is 2.18. The topological polar surface area (TPSA) is 46.5 Å². The molecular formula is C21H25FO3. The lowest BCUT2D eigenvalue weighted by atomic mass is 9.97. The highest BCUT2D eigenvalue weighted by Gasteiger charge is 2.13. The van der Waals surface area contributed by atoms with Crippen molar-refractivity contribution in [3.05, 3.63) is 65.5 Å². The van der Waals surface area contributed by atoms with E-state index in [0.29, 0.717) is 13.0 Å². The minimum Gasteiger partial charge on any atom is -0.489 e. The van der Waals surface area contributed by atoms with Crippen LogP contribution in [0.15, 0.2) is 48.5 Å². The standard InChI is InChI=1S/C21H25FO3/c1-2-18(21(23)24)6-4-3-5-16-9-13-20(14-10-16)25-15-17-7-11-19(22)12-8-17/h7-14,18H,2-6,15H2,1H3,(H,23,24). The molecule has 2 aromatic rings. The van der Waals surface area contributed by atoms with Gasteiger partial charge in [0.05, 0.1) is 5.92 Å².